The largest absolute Gasteiger partial charge is 0.478 e. The molecule has 0 spiro atoms. The molecule has 4 aromatic rings. The maximum atomic E-state index is 13.2. The first-order chi connectivity index (χ1) is 24.2. The zero-order valence-corrected chi connectivity index (χ0v) is 28.0. The average Bonchev–Trinajstić information content (AvgIpc) is 3.42. The van der Waals surface area contributed by atoms with Gasteiger partial charge in [-0.25, -0.2) is 14.5 Å². The highest BCUT2D eigenvalue weighted by Crippen LogP contribution is 2.43. The van der Waals surface area contributed by atoms with Crippen molar-refractivity contribution in [2.24, 2.45) is 5.92 Å². The lowest BCUT2D eigenvalue weighted by Crippen LogP contribution is -2.42. The molecule has 0 aliphatic carbocycles. The van der Waals surface area contributed by atoms with Gasteiger partial charge >= 0.3 is 12.1 Å². The number of carbonyl (C=O) groups is 4. The van der Waals surface area contributed by atoms with Crippen LogP contribution in [0.15, 0.2) is 108 Å². The minimum atomic E-state index is -1.06. The van der Waals surface area contributed by atoms with E-state index in [1.807, 2.05) is 61.5 Å². The van der Waals surface area contributed by atoms with Gasteiger partial charge in [-0.1, -0.05) is 85.8 Å². The number of nitrogens with one attached hydrogen (secondary N) is 1. The summed E-state index contributed by atoms with van der Waals surface area (Å²) in [6.45, 7) is 1.96. The number of aliphatic hydroxyl groups is 1. The summed E-state index contributed by atoms with van der Waals surface area (Å²) in [5.74, 6) is -1.70. The summed E-state index contributed by atoms with van der Waals surface area (Å²) in [5, 5.41) is 21.7. The number of aromatic carboxylic acids is 1. The van der Waals surface area contributed by atoms with Crippen molar-refractivity contribution in [3.63, 3.8) is 0 Å². The Morgan fingerprint density at radius 2 is 1.56 bits per heavy atom. The maximum absolute atomic E-state index is 13.2. The molecule has 2 aliphatic heterocycles. The topological polar surface area (TPSA) is 152 Å². The summed E-state index contributed by atoms with van der Waals surface area (Å²) in [4.78, 5) is 52.0. The van der Waals surface area contributed by atoms with Crippen LogP contribution in [-0.4, -0.2) is 52.0 Å². The number of benzene rings is 4. The van der Waals surface area contributed by atoms with Gasteiger partial charge in [-0.05, 0) is 41.0 Å². The Morgan fingerprint density at radius 1 is 0.880 bits per heavy atom. The van der Waals surface area contributed by atoms with Gasteiger partial charge in [0.25, 0.3) is 5.91 Å². The van der Waals surface area contributed by atoms with Crippen molar-refractivity contribution in [3.8, 4) is 0 Å². The zero-order chi connectivity index (χ0) is 35.2. The van der Waals surface area contributed by atoms with Crippen molar-refractivity contribution in [1.82, 2.24) is 5.32 Å². The van der Waals surface area contributed by atoms with E-state index in [0.29, 0.717) is 21.9 Å². The van der Waals surface area contributed by atoms with Crippen molar-refractivity contribution < 1.29 is 43.6 Å². The Labute approximate surface area is 293 Å². The van der Waals surface area contributed by atoms with Gasteiger partial charge < -0.3 is 29.7 Å². The van der Waals surface area contributed by atoms with Crippen LogP contribution < -0.4 is 10.2 Å². The number of rotatable bonds is 11. The van der Waals surface area contributed by atoms with Gasteiger partial charge in [-0.15, -0.1) is 11.8 Å². The van der Waals surface area contributed by atoms with Gasteiger partial charge in [-0.2, -0.15) is 0 Å². The van der Waals surface area contributed by atoms with E-state index in [4.69, 9.17) is 14.2 Å². The number of carboxylic acid groups (broad SMARTS) is 1. The number of imide groups is 1. The second-order valence-corrected chi connectivity index (χ2v) is 13.1. The number of carbonyl (C=O) groups excluding carboxylic acids is 3. The smallest absolute Gasteiger partial charge is 0.408 e. The summed E-state index contributed by atoms with van der Waals surface area (Å²) in [6, 6.07) is 29.1. The van der Waals surface area contributed by atoms with E-state index >= 15 is 0 Å². The number of amides is 3. The predicted molar refractivity (Wildman–Crippen MR) is 184 cm³/mol. The Hall–Kier alpha value is -5.01. The van der Waals surface area contributed by atoms with Crippen molar-refractivity contribution in [3.05, 3.63) is 131 Å². The molecule has 3 N–H and O–H groups in total. The molecule has 0 aromatic heterocycles. The first-order valence-electron chi connectivity index (χ1n) is 16.1. The fraction of sp³-hybridized carbons (Fsp3) is 0.263. The van der Waals surface area contributed by atoms with Crippen LogP contribution in [0.1, 0.15) is 58.4 Å². The van der Waals surface area contributed by atoms with Crippen LogP contribution in [0.2, 0.25) is 0 Å². The SMILES string of the molecule is C[C@@H]1[C@H](CSc2ccccc2C(=O)O)O[C@H](c2ccc(N3C(=O)CC(NC(=O)OCc4ccccc4)C3=O)cc2)O[C@@H]1c1ccc(CO)cc1. The zero-order valence-electron chi connectivity index (χ0n) is 27.1. The Kier molecular flexibility index (Phi) is 10.9. The molecule has 11 nitrogen and oxygen atoms in total. The number of anilines is 1. The van der Waals surface area contributed by atoms with Crippen LogP contribution in [0.5, 0.6) is 0 Å². The van der Waals surface area contributed by atoms with E-state index in [0.717, 1.165) is 21.6 Å². The molecule has 12 heteroatoms. The van der Waals surface area contributed by atoms with E-state index in [1.54, 1.807) is 48.5 Å². The summed E-state index contributed by atoms with van der Waals surface area (Å²) in [6.07, 6.45) is -2.55. The minimum Gasteiger partial charge on any atom is -0.478 e. The second kappa shape index (κ2) is 15.7. The van der Waals surface area contributed by atoms with Gasteiger partial charge in [0.15, 0.2) is 6.29 Å². The van der Waals surface area contributed by atoms with Gasteiger partial charge in [0, 0.05) is 22.1 Å². The summed E-state index contributed by atoms with van der Waals surface area (Å²) >= 11 is 1.40. The lowest BCUT2D eigenvalue weighted by molar-refractivity contribution is -0.268. The molecular weight excluding hydrogens is 660 g/mol. The average molecular weight is 697 g/mol. The fourth-order valence-electron chi connectivity index (χ4n) is 5.95. The lowest BCUT2D eigenvalue weighted by atomic mass is 9.91. The van der Waals surface area contributed by atoms with Gasteiger partial charge in [0.05, 0.1) is 36.5 Å². The molecule has 0 saturated carbocycles. The van der Waals surface area contributed by atoms with Crippen LogP contribution in [0.3, 0.4) is 0 Å². The number of alkyl carbamates (subject to hydrolysis) is 1. The molecule has 2 fully saturated rings. The monoisotopic (exact) mass is 696 g/mol. The molecule has 2 heterocycles. The molecule has 2 aliphatic rings. The van der Waals surface area contributed by atoms with E-state index < -0.39 is 42.3 Å². The molecule has 3 amide bonds. The second-order valence-electron chi connectivity index (χ2n) is 12.1. The van der Waals surface area contributed by atoms with E-state index in [-0.39, 0.29) is 37.2 Å². The van der Waals surface area contributed by atoms with Gasteiger partial charge in [0.2, 0.25) is 5.91 Å². The van der Waals surface area contributed by atoms with E-state index in [9.17, 15) is 29.4 Å². The number of hydrogen-bond donors (Lipinski definition) is 3. The highest BCUT2D eigenvalue weighted by atomic mass is 32.2. The highest BCUT2D eigenvalue weighted by molar-refractivity contribution is 7.99. The first-order valence-corrected chi connectivity index (χ1v) is 17.1. The maximum Gasteiger partial charge on any atom is 0.408 e. The standard InChI is InChI=1S/C38H36N2O9S/c1-23-31(22-50-32-10-6-5-9-29(32)36(44)45)48-37(49-34(23)26-13-11-24(20-41)12-14-26)27-15-17-28(18-16-27)40-33(42)19-30(35(40)43)39-38(46)47-21-25-7-3-2-4-8-25/h2-18,23,30-31,34,37,41H,19-22H2,1H3,(H,39,46)(H,44,45)/t23-,30?,31+,34+,37+/m1/s1. The van der Waals surface area contributed by atoms with Crippen molar-refractivity contribution in [1.29, 1.82) is 0 Å². The summed E-state index contributed by atoms with van der Waals surface area (Å²) in [7, 11) is 0. The van der Waals surface area contributed by atoms with Gasteiger partial charge in [0.1, 0.15) is 12.6 Å². The Morgan fingerprint density at radius 3 is 2.26 bits per heavy atom. The molecule has 4 aromatic carbocycles. The third-order valence-electron chi connectivity index (χ3n) is 8.72. The van der Waals surface area contributed by atoms with E-state index in [2.05, 4.69) is 5.32 Å². The molecule has 5 atom stereocenters. The number of aliphatic hydroxyl groups excluding tert-OH is 1. The molecule has 258 valence electrons. The van der Waals surface area contributed by atoms with E-state index in [1.165, 1.54) is 11.8 Å². The number of nitrogens with zero attached hydrogens (tertiary/aromatic N) is 1. The summed E-state index contributed by atoms with van der Waals surface area (Å²) in [5.41, 5.74) is 3.66. The molecule has 0 bridgehead atoms. The number of carboxylic acids is 1. The third kappa shape index (κ3) is 7.89. The summed E-state index contributed by atoms with van der Waals surface area (Å²) < 4.78 is 18.2. The normalized spacial score (nSPS) is 22.0. The molecule has 0 radical (unpaired) electrons. The number of thioether (sulfide) groups is 1. The van der Waals surface area contributed by atoms with Crippen molar-refractivity contribution in [2.45, 2.75) is 56.0 Å². The number of hydrogen-bond acceptors (Lipinski definition) is 9. The highest BCUT2D eigenvalue weighted by Gasteiger charge is 2.42. The predicted octanol–water partition coefficient (Wildman–Crippen LogP) is 6.02. The minimum absolute atomic E-state index is 0.0286. The fourth-order valence-corrected chi connectivity index (χ4v) is 7.17. The number of ether oxygens (including phenoxy) is 3. The quantitative estimate of drug-likeness (QED) is 0.125. The lowest BCUT2D eigenvalue weighted by Gasteiger charge is -2.41. The van der Waals surface area contributed by atoms with Crippen LogP contribution in [0, 0.1) is 5.92 Å². The molecule has 2 saturated heterocycles. The molecule has 6 rings (SSSR count). The van der Waals surface area contributed by atoms with Crippen LogP contribution in [0.4, 0.5) is 10.5 Å². The van der Waals surface area contributed by atoms with Gasteiger partial charge in [-0.3, -0.25) is 9.59 Å². The van der Waals surface area contributed by atoms with Crippen molar-refractivity contribution in [2.75, 3.05) is 10.7 Å². The third-order valence-corrected chi connectivity index (χ3v) is 9.88. The first kappa shape index (κ1) is 34.8. The Bertz CT molecular complexity index is 1840. The van der Waals surface area contributed by atoms with Crippen LogP contribution in [0.25, 0.3) is 0 Å². The van der Waals surface area contributed by atoms with Crippen LogP contribution in [-0.2, 0) is 37.0 Å². The van der Waals surface area contributed by atoms with Crippen LogP contribution >= 0.6 is 11.8 Å². The molecule has 50 heavy (non-hydrogen) atoms. The molecular formula is C38H36N2O9S. The molecule has 1 unspecified atom stereocenters. The van der Waals surface area contributed by atoms with Crippen molar-refractivity contribution >= 4 is 41.3 Å². The Balaban J connectivity index is 1.16.